The first-order chi connectivity index (χ1) is 15.5. The molecule has 1 unspecified atom stereocenters. The summed E-state index contributed by atoms with van der Waals surface area (Å²) in [4.78, 5) is 52.9. The van der Waals surface area contributed by atoms with E-state index >= 15 is 0 Å². The second-order valence-electron chi connectivity index (χ2n) is 8.22. The summed E-state index contributed by atoms with van der Waals surface area (Å²) in [5.41, 5.74) is 1.38. The van der Waals surface area contributed by atoms with Crippen LogP contribution in [-0.4, -0.2) is 63.8 Å². The van der Waals surface area contributed by atoms with Crippen molar-refractivity contribution in [3.05, 3.63) is 59.4 Å². The van der Waals surface area contributed by atoms with Gasteiger partial charge >= 0.3 is 5.97 Å². The highest BCUT2D eigenvalue weighted by Crippen LogP contribution is 2.24. The Hall–Kier alpha value is -3.42. The molecular weight excluding hydrogens is 410 g/mol. The van der Waals surface area contributed by atoms with Gasteiger partial charge in [0.25, 0.3) is 17.7 Å². The van der Waals surface area contributed by atoms with Crippen molar-refractivity contribution in [1.29, 1.82) is 0 Å². The Morgan fingerprint density at radius 2 is 1.75 bits per heavy atom. The molecule has 1 saturated heterocycles. The van der Waals surface area contributed by atoms with Gasteiger partial charge in [0.05, 0.1) is 24.2 Å². The summed E-state index contributed by atoms with van der Waals surface area (Å²) in [6.07, 6.45) is 5.24. The van der Waals surface area contributed by atoms with Crippen LogP contribution in [-0.2, 0) is 16.6 Å². The summed E-state index contributed by atoms with van der Waals surface area (Å²) < 4.78 is 7.18. The van der Waals surface area contributed by atoms with Crippen molar-refractivity contribution in [2.24, 2.45) is 7.05 Å². The number of nitrogens with zero attached hydrogens (tertiary/aromatic N) is 3. The zero-order valence-corrected chi connectivity index (χ0v) is 18.2. The Morgan fingerprint density at radius 1 is 1.03 bits per heavy atom. The Bertz CT molecular complexity index is 1010. The van der Waals surface area contributed by atoms with E-state index in [-0.39, 0.29) is 43.3 Å². The maximum Gasteiger partial charge on any atom is 0.307 e. The van der Waals surface area contributed by atoms with Gasteiger partial charge < -0.3 is 14.2 Å². The number of amides is 3. The summed E-state index contributed by atoms with van der Waals surface area (Å²) in [7, 11) is 1.85. The van der Waals surface area contributed by atoms with Crippen molar-refractivity contribution < 1.29 is 23.9 Å². The van der Waals surface area contributed by atoms with Crippen LogP contribution in [0.3, 0.4) is 0 Å². The van der Waals surface area contributed by atoms with Gasteiger partial charge in [-0.25, -0.2) is 0 Å². The third-order valence-electron chi connectivity index (χ3n) is 6.18. The van der Waals surface area contributed by atoms with E-state index in [4.69, 9.17) is 4.74 Å². The van der Waals surface area contributed by atoms with Crippen LogP contribution in [0.4, 0.5) is 0 Å². The second kappa shape index (κ2) is 9.38. The van der Waals surface area contributed by atoms with Crippen molar-refractivity contribution in [3.8, 4) is 0 Å². The topological polar surface area (TPSA) is 88.9 Å². The molecule has 8 heteroatoms. The van der Waals surface area contributed by atoms with E-state index in [1.54, 1.807) is 24.3 Å². The van der Waals surface area contributed by atoms with E-state index in [0.29, 0.717) is 29.8 Å². The van der Waals surface area contributed by atoms with Crippen molar-refractivity contribution in [2.45, 2.75) is 38.1 Å². The Morgan fingerprint density at radius 3 is 2.41 bits per heavy atom. The molecule has 2 aliphatic heterocycles. The van der Waals surface area contributed by atoms with E-state index in [1.165, 1.54) is 0 Å². The normalized spacial score (nSPS) is 18.1. The maximum absolute atomic E-state index is 12.9. The molecule has 0 bridgehead atoms. The SMILES string of the molecule is Cn1cccc1C(=O)N1CCCCC1CCOC(=O)CCN1C(=O)c2ccccc2C1=O. The number of hydrogen-bond donors (Lipinski definition) is 0. The number of aromatic nitrogens is 1. The van der Waals surface area contributed by atoms with Crippen LogP contribution in [0, 0.1) is 0 Å². The largest absolute Gasteiger partial charge is 0.466 e. The number of aryl methyl sites for hydroxylation is 1. The number of ether oxygens (including phenoxy) is 1. The van der Waals surface area contributed by atoms with Crippen LogP contribution in [0.5, 0.6) is 0 Å². The molecule has 3 amide bonds. The summed E-state index contributed by atoms with van der Waals surface area (Å²) in [6, 6.07) is 10.3. The molecule has 0 saturated carbocycles. The summed E-state index contributed by atoms with van der Waals surface area (Å²) in [6.45, 7) is 0.887. The molecule has 32 heavy (non-hydrogen) atoms. The van der Waals surface area contributed by atoms with Crippen molar-refractivity contribution in [1.82, 2.24) is 14.4 Å². The summed E-state index contributed by atoms with van der Waals surface area (Å²) >= 11 is 0. The van der Waals surface area contributed by atoms with Gasteiger partial charge in [0.1, 0.15) is 5.69 Å². The number of carbonyl (C=O) groups excluding carboxylic acids is 4. The predicted octanol–water partition coefficient (Wildman–Crippen LogP) is 2.64. The number of piperidine rings is 1. The van der Waals surface area contributed by atoms with Gasteiger partial charge in [-0.15, -0.1) is 0 Å². The van der Waals surface area contributed by atoms with E-state index in [1.807, 2.05) is 34.8 Å². The number of benzene rings is 1. The molecule has 1 aromatic heterocycles. The Labute approximate surface area is 186 Å². The van der Waals surface area contributed by atoms with Crippen LogP contribution in [0.25, 0.3) is 0 Å². The molecule has 0 spiro atoms. The zero-order valence-electron chi connectivity index (χ0n) is 18.2. The average Bonchev–Trinajstić information content (AvgIpc) is 3.33. The zero-order chi connectivity index (χ0) is 22.7. The van der Waals surface area contributed by atoms with Crippen LogP contribution in [0.2, 0.25) is 0 Å². The van der Waals surface area contributed by atoms with Crippen LogP contribution in [0.15, 0.2) is 42.6 Å². The molecule has 0 N–H and O–H groups in total. The third-order valence-corrected chi connectivity index (χ3v) is 6.18. The highest BCUT2D eigenvalue weighted by atomic mass is 16.5. The fourth-order valence-corrected chi connectivity index (χ4v) is 4.42. The quantitative estimate of drug-likeness (QED) is 0.491. The maximum atomic E-state index is 12.9. The molecule has 8 nitrogen and oxygen atoms in total. The first kappa shape index (κ1) is 21.8. The van der Waals surface area contributed by atoms with Gasteiger partial charge in [0, 0.05) is 38.8 Å². The van der Waals surface area contributed by atoms with Gasteiger partial charge in [0.15, 0.2) is 0 Å². The highest BCUT2D eigenvalue weighted by molar-refractivity contribution is 6.21. The Kier molecular flexibility index (Phi) is 6.39. The molecule has 1 fully saturated rings. The number of esters is 1. The first-order valence-corrected chi connectivity index (χ1v) is 11.0. The fourth-order valence-electron chi connectivity index (χ4n) is 4.42. The lowest BCUT2D eigenvalue weighted by Gasteiger charge is -2.35. The lowest BCUT2D eigenvalue weighted by molar-refractivity contribution is -0.144. The van der Waals surface area contributed by atoms with Crippen molar-refractivity contribution in [3.63, 3.8) is 0 Å². The van der Waals surface area contributed by atoms with E-state index in [9.17, 15) is 19.2 Å². The number of rotatable bonds is 7. The number of imide groups is 1. The fraction of sp³-hybridized carbons (Fsp3) is 0.417. The molecule has 168 valence electrons. The number of hydrogen-bond acceptors (Lipinski definition) is 5. The number of carbonyl (C=O) groups is 4. The minimum Gasteiger partial charge on any atom is -0.466 e. The van der Waals surface area contributed by atoms with Gasteiger partial charge in [0.2, 0.25) is 0 Å². The van der Waals surface area contributed by atoms with Crippen molar-refractivity contribution in [2.75, 3.05) is 19.7 Å². The second-order valence-corrected chi connectivity index (χ2v) is 8.22. The van der Waals surface area contributed by atoms with E-state index < -0.39 is 5.97 Å². The smallest absolute Gasteiger partial charge is 0.307 e. The first-order valence-electron chi connectivity index (χ1n) is 11.0. The molecule has 0 radical (unpaired) electrons. The highest BCUT2D eigenvalue weighted by Gasteiger charge is 2.35. The minimum absolute atomic E-state index is 0.000786. The molecule has 1 atom stereocenters. The van der Waals surface area contributed by atoms with Crippen LogP contribution < -0.4 is 0 Å². The van der Waals surface area contributed by atoms with Gasteiger partial charge in [-0.1, -0.05) is 12.1 Å². The van der Waals surface area contributed by atoms with E-state index in [0.717, 1.165) is 24.2 Å². The van der Waals surface area contributed by atoms with Crippen LogP contribution >= 0.6 is 0 Å². The third kappa shape index (κ3) is 4.30. The lowest BCUT2D eigenvalue weighted by atomic mass is 9.99. The molecular formula is C24H27N3O5. The molecule has 2 aliphatic rings. The summed E-state index contributed by atoms with van der Waals surface area (Å²) in [5, 5.41) is 0. The van der Waals surface area contributed by atoms with Gasteiger partial charge in [-0.05, 0) is 43.5 Å². The predicted molar refractivity (Wildman–Crippen MR) is 116 cm³/mol. The van der Waals surface area contributed by atoms with Gasteiger partial charge in [-0.3, -0.25) is 24.1 Å². The monoisotopic (exact) mass is 437 g/mol. The number of likely N-dealkylation sites (tertiary alicyclic amines) is 1. The Balaban J connectivity index is 1.25. The van der Waals surface area contributed by atoms with Crippen molar-refractivity contribution >= 4 is 23.7 Å². The minimum atomic E-state index is -0.460. The van der Waals surface area contributed by atoms with Gasteiger partial charge in [-0.2, -0.15) is 0 Å². The lowest BCUT2D eigenvalue weighted by Crippen LogP contribution is -2.44. The standard InChI is InChI=1S/C24H27N3O5/c1-25-13-6-10-20(25)24(31)26-14-5-4-7-17(26)12-16-32-21(28)11-15-27-22(29)18-8-2-3-9-19(18)23(27)30/h2-3,6,8-10,13,17H,4-5,7,11-12,14-16H2,1H3. The average molecular weight is 437 g/mol. The number of fused-ring (bicyclic) bond motifs is 1. The van der Waals surface area contributed by atoms with Crippen LogP contribution in [0.1, 0.15) is 63.3 Å². The molecule has 3 heterocycles. The molecule has 0 aliphatic carbocycles. The van der Waals surface area contributed by atoms with E-state index in [2.05, 4.69) is 0 Å². The molecule has 2 aromatic rings. The molecule has 4 rings (SSSR count). The summed E-state index contributed by atoms with van der Waals surface area (Å²) in [5.74, 6) is -1.22. The molecule has 1 aromatic carbocycles.